The van der Waals surface area contributed by atoms with Crippen LogP contribution in [0.4, 0.5) is 10.1 Å². The highest BCUT2D eigenvalue weighted by atomic mass is 19.1. The molecule has 2 N–H and O–H groups in total. The zero-order valence-electron chi connectivity index (χ0n) is 15.1. The molecule has 0 bridgehead atoms. The first-order valence-corrected chi connectivity index (χ1v) is 8.77. The van der Waals surface area contributed by atoms with Crippen LogP contribution in [0.1, 0.15) is 21.5 Å². The lowest BCUT2D eigenvalue weighted by atomic mass is 10.1. The Hall–Kier alpha value is -3.73. The number of carbonyl (C=O) groups excluding carboxylic acids is 2. The second kappa shape index (κ2) is 9.28. The van der Waals surface area contributed by atoms with Crippen LogP contribution in [0, 0.1) is 5.82 Å². The monoisotopic (exact) mass is 374 g/mol. The van der Waals surface area contributed by atoms with Gasteiger partial charge in [-0.15, -0.1) is 0 Å². The van der Waals surface area contributed by atoms with Crippen LogP contribution in [-0.4, -0.2) is 11.8 Å². The van der Waals surface area contributed by atoms with Crippen molar-refractivity contribution in [3.8, 4) is 0 Å². The van der Waals surface area contributed by atoms with Gasteiger partial charge in [0.15, 0.2) is 0 Å². The highest BCUT2D eigenvalue weighted by Gasteiger charge is 2.07. The van der Waals surface area contributed by atoms with Crippen LogP contribution in [0.15, 0.2) is 84.9 Å². The van der Waals surface area contributed by atoms with Gasteiger partial charge in [-0.1, -0.05) is 42.5 Å². The van der Waals surface area contributed by atoms with E-state index in [9.17, 15) is 14.0 Å². The van der Waals surface area contributed by atoms with Crippen LogP contribution in [0.3, 0.4) is 0 Å². The van der Waals surface area contributed by atoms with Gasteiger partial charge in [0.25, 0.3) is 5.91 Å². The van der Waals surface area contributed by atoms with E-state index in [1.165, 1.54) is 18.2 Å². The quantitative estimate of drug-likeness (QED) is 0.628. The van der Waals surface area contributed by atoms with Gasteiger partial charge < -0.3 is 10.6 Å². The van der Waals surface area contributed by atoms with Crippen molar-refractivity contribution in [2.24, 2.45) is 0 Å². The van der Waals surface area contributed by atoms with Crippen LogP contribution in [0.5, 0.6) is 0 Å². The molecular weight excluding hydrogens is 355 g/mol. The molecule has 0 atom stereocenters. The van der Waals surface area contributed by atoms with Gasteiger partial charge in [-0.2, -0.15) is 0 Å². The lowest BCUT2D eigenvalue weighted by Gasteiger charge is -2.07. The molecule has 0 saturated heterocycles. The fraction of sp³-hybridized carbons (Fsp3) is 0.0435. The van der Waals surface area contributed by atoms with Gasteiger partial charge in [-0.25, -0.2) is 4.39 Å². The second-order valence-corrected chi connectivity index (χ2v) is 6.12. The highest BCUT2D eigenvalue weighted by molar-refractivity contribution is 6.04. The van der Waals surface area contributed by atoms with E-state index in [0.717, 1.165) is 16.8 Å². The lowest BCUT2D eigenvalue weighted by molar-refractivity contribution is -0.116. The Bertz CT molecular complexity index is 983. The average molecular weight is 374 g/mol. The van der Waals surface area contributed by atoms with Gasteiger partial charge in [0.05, 0.1) is 0 Å². The van der Waals surface area contributed by atoms with Gasteiger partial charge in [0.2, 0.25) is 5.91 Å². The molecule has 3 aromatic carbocycles. The molecule has 2 amide bonds. The van der Waals surface area contributed by atoms with E-state index < -0.39 is 0 Å². The predicted octanol–water partition coefficient (Wildman–Crippen LogP) is 4.41. The SMILES string of the molecule is O=C(C=Cc1ccc(F)cc1)NCc1cccc(C(=O)Nc2ccccc2)c1. The highest BCUT2D eigenvalue weighted by Crippen LogP contribution is 2.11. The van der Waals surface area contributed by atoms with Crippen molar-refractivity contribution in [1.29, 1.82) is 0 Å². The third kappa shape index (κ3) is 5.64. The lowest BCUT2D eigenvalue weighted by Crippen LogP contribution is -2.20. The van der Waals surface area contributed by atoms with E-state index in [4.69, 9.17) is 0 Å². The number of rotatable bonds is 6. The van der Waals surface area contributed by atoms with Gasteiger partial charge >= 0.3 is 0 Å². The van der Waals surface area contributed by atoms with Crippen LogP contribution in [0.25, 0.3) is 6.08 Å². The molecule has 0 aliphatic heterocycles. The standard InChI is InChI=1S/C23H19FN2O2/c24-20-12-9-17(10-13-20)11-14-22(27)25-16-18-5-4-6-19(15-18)23(28)26-21-7-2-1-3-8-21/h1-15H,16H2,(H,25,27)(H,26,28). The van der Waals surface area contributed by atoms with Crippen molar-refractivity contribution < 1.29 is 14.0 Å². The molecule has 0 unspecified atom stereocenters. The van der Waals surface area contributed by atoms with Gasteiger partial charge in [-0.3, -0.25) is 9.59 Å². The minimum Gasteiger partial charge on any atom is -0.348 e. The zero-order valence-corrected chi connectivity index (χ0v) is 15.1. The Morgan fingerprint density at radius 3 is 2.39 bits per heavy atom. The minimum absolute atomic E-state index is 0.212. The number of carbonyl (C=O) groups is 2. The molecule has 0 heterocycles. The number of para-hydroxylation sites is 1. The van der Waals surface area contributed by atoms with Crippen molar-refractivity contribution in [1.82, 2.24) is 5.32 Å². The van der Waals surface area contributed by atoms with E-state index >= 15 is 0 Å². The van der Waals surface area contributed by atoms with Crippen LogP contribution in [0.2, 0.25) is 0 Å². The largest absolute Gasteiger partial charge is 0.348 e. The number of benzene rings is 3. The molecular formula is C23H19FN2O2. The summed E-state index contributed by atoms with van der Waals surface area (Å²) in [6.45, 7) is 0.291. The Morgan fingerprint density at radius 1 is 0.893 bits per heavy atom. The molecule has 28 heavy (non-hydrogen) atoms. The van der Waals surface area contributed by atoms with Crippen molar-refractivity contribution in [2.45, 2.75) is 6.54 Å². The van der Waals surface area contributed by atoms with Crippen LogP contribution < -0.4 is 10.6 Å². The summed E-state index contributed by atoms with van der Waals surface area (Å²) in [6, 6.07) is 22.1. The zero-order chi connectivity index (χ0) is 19.8. The van der Waals surface area contributed by atoms with E-state index in [-0.39, 0.29) is 17.6 Å². The number of hydrogen-bond acceptors (Lipinski definition) is 2. The summed E-state index contributed by atoms with van der Waals surface area (Å²) >= 11 is 0. The molecule has 0 spiro atoms. The third-order valence-corrected chi connectivity index (χ3v) is 3.98. The summed E-state index contributed by atoms with van der Waals surface area (Å²) in [4.78, 5) is 24.3. The molecule has 0 aromatic heterocycles. The third-order valence-electron chi connectivity index (χ3n) is 3.98. The summed E-state index contributed by atoms with van der Waals surface area (Å²) in [5, 5.41) is 5.59. The number of amides is 2. The van der Waals surface area contributed by atoms with E-state index in [2.05, 4.69) is 10.6 Å². The summed E-state index contributed by atoms with van der Waals surface area (Å²) in [5.41, 5.74) is 2.77. The van der Waals surface area contributed by atoms with Crippen molar-refractivity contribution in [3.05, 3.63) is 107 Å². The normalized spacial score (nSPS) is 10.6. The number of anilines is 1. The predicted molar refractivity (Wildman–Crippen MR) is 108 cm³/mol. The summed E-state index contributed by atoms with van der Waals surface area (Å²) < 4.78 is 12.9. The maximum absolute atomic E-state index is 12.9. The first kappa shape index (κ1) is 19.0. The summed E-state index contributed by atoms with van der Waals surface area (Å²) in [7, 11) is 0. The average Bonchev–Trinajstić information content (AvgIpc) is 2.73. The van der Waals surface area contributed by atoms with Crippen molar-refractivity contribution in [2.75, 3.05) is 5.32 Å². The molecule has 4 nitrogen and oxygen atoms in total. The molecule has 0 saturated carbocycles. The molecule has 0 aliphatic carbocycles. The van der Waals surface area contributed by atoms with E-state index in [1.807, 2.05) is 36.4 Å². The number of hydrogen-bond donors (Lipinski definition) is 2. The van der Waals surface area contributed by atoms with Crippen molar-refractivity contribution in [3.63, 3.8) is 0 Å². The fourth-order valence-electron chi connectivity index (χ4n) is 2.54. The van der Waals surface area contributed by atoms with Crippen LogP contribution >= 0.6 is 0 Å². The number of nitrogens with one attached hydrogen (secondary N) is 2. The minimum atomic E-state index is -0.321. The maximum atomic E-state index is 12.9. The summed E-state index contributed by atoms with van der Waals surface area (Å²) in [6.07, 6.45) is 3.00. The first-order chi connectivity index (χ1) is 13.6. The molecule has 0 radical (unpaired) electrons. The van der Waals surface area contributed by atoms with E-state index in [0.29, 0.717) is 12.1 Å². The Kier molecular flexibility index (Phi) is 6.31. The summed E-state index contributed by atoms with van der Waals surface area (Å²) in [5.74, 6) is -0.808. The topological polar surface area (TPSA) is 58.2 Å². The van der Waals surface area contributed by atoms with Gasteiger partial charge in [0, 0.05) is 23.9 Å². The van der Waals surface area contributed by atoms with Crippen LogP contribution in [-0.2, 0) is 11.3 Å². The Labute approximate surface area is 162 Å². The number of halogens is 1. The molecule has 3 rings (SSSR count). The molecule has 3 aromatic rings. The molecule has 0 fully saturated rings. The molecule has 5 heteroatoms. The van der Waals surface area contributed by atoms with E-state index in [1.54, 1.807) is 36.4 Å². The molecule has 140 valence electrons. The first-order valence-electron chi connectivity index (χ1n) is 8.77. The smallest absolute Gasteiger partial charge is 0.255 e. The molecule has 0 aliphatic rings. The van der Waals surface area contributed by atoms with Crippen molar-refractivity contribution >= 4 is 23.6 Å². The fourth-order valence-corrected chi connectivity index (χ4v) is 2.54. The Morgan fingerprint density at radius 2 is 1.64 bits per heavy atom. The maximum Gasteiger partial charge on any atom is 0.255 e. The van der Waals surface area contributed by atoms with Gasteiger partial charge in [0.1, 0.15) is 5.82 Å². The second-order valence-electron chi connectivity index (χ2n) is 6.12. The Balaban J connectivity index is 1.56. The van der Waals surface area contributed by atoms with Gasteiger partial charge in [-0.05, 0) is 53.6 Å².